The summed E-state index contributed by atoms with van der Waals surface area (Å²) in [6.45, 7) is 0.389. The molecule has 6 heteroatoms. The van der Waals surface area contributed by atoms with Crippen molar-refractivity contribution >= 4 is 5.97 Å². The molecule has 0 N–H and O–H groups in total. The van der Waals surface area contributed by atoms with E-state index in [1.54, 1.807) is 0 Å². The van der Waals surface area contributed by atoms with Gasteiger partial charge in [0.1, 0.15) is 0 Å². The molecule has 86 valence electrons. The van der Waals surface area contributed by atoms with Gasteiger partial charge in [-0.2, -0.15) is 0 Å². The maximum absolute atomic E-state index is 11.1. The number of nitrogens with zero attached hydrogens (tertiary/aromatic N) is 1. The van der Waals surface area contributed by atoms with Crippen LogP contribution in [0.15, 0.2) is 0 Å². The summed E-state index contributed by atoms with van der Waals surface area (Å²) in [6.07, 6.45) is 1.58. The number of ether oxygens (including phenoxy) is 2. The van der Waals surface area contributed by atoms with Crippen LogP contribution in [0.5, 0.6) is 0 Å². The van der Waals surface area contributed by atoms with Crippen LogP contribution in [-0.2, 0) is 14.3 Å². The van der Waals surface area contributed by atoms with Crippen molar-refractivity contribution in [2.24, 2.45) is 5.92 Å². The van der Waals surface area contributed by atoms with Crippen molar-refractivity contribution in [1.29, 1.82) is 0 Å². The molecule has 1 heterocycles. The summed E-state index contributed by atoms with van der Waals surface area (Å²) < 4.78 is 9.85. The number of hydrogen-bond donors (Lipinski definition) is 0. The smallest absolute Gasteiger partial charge is 0.306 e. The van der Waals surface area contributed by atoms with Gasteiger partial charge in [-0.15, -0.1) is 0 Å². The molecule has 0 aromatic heterocycles. The monoisotopic (exact) mass is 217 g/mol. The van der Waals surface area contributed by atoms with Crippen molar-refractivity contribution in [1.82, 2.24) is 0 Å². The zero-order chi connectivity index (χ0) is 11.3. The van der Waals surface area contributed by atoms with E-state index in [0.717, 1.165) is 12.8 Å². The van der Waals surface area contributed by atoms with Crippen LogP contribution in [-0.4, -0.2) is 37.3 Å². The number of carbonyl (C=O) groups is 1. The van der Waals surface area contributed by atoms with Gasteiger partial charge in [0.05, 0.1) is 25.6 Å². The normalized spacial score (nSPS) is 22.3. The molecule has 0 aromatic carbocycles. The number of nitro groups is 1. The van der Waals surface area contributed by atoms with Crippen LogP contribution in [0.2, 0.25) is 0 Å². The average Bonchev–Trinajstić information content (AvgIpc) is 2.68. The number of esters is 1. The van der Waals surface area contributed by atoms with Gasteiger partial charge in [0.15, 0.2) is 0 Å². The lowest BCUT2D eigenvalue weighted by atomic mass is 9.96. The Labute approximate surface area is 87.7 Å². The predicted molar refractivity (Wildman–Crippen MR) is 51.0 cm³/mol. The zero-order valence-corrected chi connectivity index (χ0v) is 8.68. The lowest BCUT2D eigenvalue weighted by molar-refractivity contribution is -0.490. The first-order chi connectivity index (χ1) is 7.13. The van der Waals surface area contributed by atoms with E-state index in [4.69, 9.17) is 4.74 Å². The lowest BCUT2D eigenvalue weighted by Gasteiger charge is -2.17. The van der Waals surface area contributed by atoms with E-state index in [1.807, 2.05) is 0 Å². The molecule has 1 aliphatic heterocycles. The molecule has 0 aromatic rings. The van der Waals surface area contributed by atoms with E-state index in [0.29, 0.717) is 6.61 Å². The predicted octanol–water partition coefficient (Wildman–Crippen LogP) is 0.621. The molecule has 1 saturated heterocycles. The Balaban J connectivity index is 2.51. The second kappa shape index (κ2) is 5.65. The quantitative estimate of drug-likeness (QED) is 0.383. The standard InChI is InChI=1S/C9H15NO5/c1-14-9(11)5-7(6-10(12)13)8-3-2-4-15-8/h7-8H,2-6H2,1H3/t7-,8+/m0/s1. The van der Waals surface area contributed by atoms with Gasteiger partial charge in [0.2, 0.25) is 6.54 Å². The van der Waals surface area contributed by atoms with Gasteiger partial charge in [0, 0.05) is 11.5 Å². The summed E-state index contributed by atoms with van der Waals surface area (Å²) in [6, 6.07) is 0. The fourth-order valence-corrected chi connectivity index (χ4v) is 1.78. The highest BCUT2D eigenvalue weighted by atomic mass is 16.6. The fourth-order valence-electron chi connectivity index (χ4n) is 1.78. The van der Waals surface area contributed by atoms with Crippen LogP contribution in [0.25, 0.3) is 0 Å². The van der Waals surface area contributed by atoms with E-state index in [2.05, 4.69) is 4.74 Å². The summed E-state index contributed by atoms with van der Waals surface area (Å²) in [5.74, 6) is -0.785. The van der Waals surface area contributed by atoms with Crippen LogP contribution in [0.1, 0.15) is 19.3 Å². The van der Waals surface area contributed by atoms with Crippen molar-refractivity contribution in [3.63, 3.8) is 0 Å². The van der Waals surface area contributed by atoms with Gasteiger partial charge < -0.3 is 9.47 Å². The Kier molecular flexibility index (Phi) is 4.48. The Morgan fingerprint density at radius 1 is 1.73 bits per heavy atom. The second-order valence-corrected chi connectivity index (χ2v) is 3.61. The molecule has 0 unspecified atom stereocenters. The molecule has 0 bridgehead atoms. The summed E-state index contributed by atoms with van der Waals surface area (Å²) in [4.78, 5) is 21.1. The molecule has 1 aliphatic rings. The summed E-state index contributed by atoms with van der Waals surface area (Å²) >= 11 is 0. The molecule has 15 heavy (non-hydrogen) atoms. The van der Waals surface area contributed by atoms with Crippen LogP contribution >= 0.6 is 0 Å². The molecule has 0 saturated carbocycles. The van der Waals surface area contributed by atoms with Gasteiger partial charge in [0.25, 0.3) is 0 Å². The van der Waals surface area contributed by atoms with Crippen molar-refractivity contribution in [3.8, 4) is 0 Å². The van der Waals surface area contributed by atoms with Gasteiger partial charge in [-0.1, -0.05) is 0 Å². The molecule has 1 fully saturated rings. The molecule has 0 amide bonds. The van der Waals surface area contributed by atoms with Crippen LogP contribution in [0.3, 0.4) is 0 Å². The molecular formula is C9H15NO5. The largest absolute Gasteiger partial charge is 0.469 e. The number of carbonyl (C=O) groups excluding carboxylic acids is 1. The summed E-state index contributed by atoms with van der Waals surface area (Å²) in [5, 5.41) is 10.4. The average molecular weight is 217 g/mol. The first kappa shape index (κ1) is 11.9. The Morgan fingerprint density at radius 2 is 2.47 bits per heavy atom. The highest BCUT2D eigenvalue weighted by Crippen LogP contribution is 2.23. The molecular weight excluding hydrogens is 202 g/mol. The minimum Gasteiger partial charge on any atom is -0.469 e. The van der Waals surface area contributed by atoms with E-state index in [9.17, 15) is 14.9 Å². The van der Waals surface area contributed by atoms with Gasteiger partial charge in [-0.3, -0.25) is 14.9 Å². The molecule has 0 radical (unpaired) electrons. The van der Waals surface area contributed by atoms with Crippen LogP contribution < -0.4 is 0 Å². The molecule has 0 spiro atoms. The Bertz CT molecular complexity index is 237. The summed E-state index contributed by atoms with van der Waals surface area (Å²) in [7, 11) is 1.28. The number of hydrogen-bond acceptors (Lipinski definition) is 5. The molecule has 1 rings (SSSR count). The third kappa shape index (κ3) is 3.83. The zero-order valence-electron chi connectivity index (χ0n) is 8.68. The molecule has 2 atom stereocenters. The van der Waals surface area contributed by atoms with Crippen LogP contribution in [0.4, 0.5) is 0 Å². The minimum atomic E-state index is -0.419. The van der Waals surface area contributed by atoms with Crippen molar-refractivity contribution in [2.75, 3.05) is 20.3 Å². The van der Waals surface area contributed by atoms with E-state index < -0.39 is 10.9 Å². The third-order valence-electron chi connectivity index (χ3n) is 2.53. The minimum absolute atomic E-state index is 0.0577. The second-order valence-electron chi connectivity index (χ2n) is 3.61. The highest BCUT2D eigenvalue weighted by molar-refractivity contribution is 5.69. The third-order valence-corrected chi connectivity index (χ3v) is 2.53. The van der Waals surface area contributed by atoms with Gasteiger partial charge >= 0.3 is 5.97 Å². The van der Waals surface area contributed by atoms with Crippen molar-refractivity contribution in [3.05, 3.63) is 10.1 Å². The maximum Gasteiger partial charge on any atom is 0.306 e. The fraction of sp³-hybridized carbons (Fsp3) is 0.889. The van der Waals surface area contributed by atoms with Gasteiger partial charge in [-0.05, 0) is 12.8 Å². The van der Waals surface area contributed by atoms with Crippen molar-refractivity contribution < 1.29 is 19.2 Å². The topological polar surface area (TPSA) is 78.7 Å². The SMILES string of the molecule is COC(=O)C[C@@H](C[N+](=O)[O-])[C@H]1CCCO1. The van der Waals surface area contributed by atoms with E-state index in [1.165, 1.54) is 7.11 Å². The highest BCUT2D eigenvalue weighted by Gasteiger charge is 2.31. The number of methoxy groups -OCH3 is 1. The first-order valence-electron chi connectivity index (χ1n) is 4.93. The Morgan fingerprint density at radius 3 is 2.93 bits per heavy atom. The summed E-state index contributed by atoms with van der Waals surface area (Å²) in [5.41, 5.74) is 0. The Hall–Kier alpha value is -1.17. The van der Waals surface area contributed by atoms with E-state index in [-0.39, 0.29) is 25.0 Å². The van der Waals surface area contributed by atoms with Gasteiger partial charge in [-0.25, -0.2) is 0 Å². The van der Waals surface area contributed by atoms with Crippen LogP contribution in [0, 0.1) is 16.0 Å². The van der Waals surface area contributed by atoms with Crippen molar-refractivity contribution in [2.45, 2.75) is 25.4 Å². The lowest BCUT2D eigenvalue weighted by Crippen LogP contribution is -2.29. The molecule has 0 aliphatic carbocycles. The number of rotatable bonds is 5. The molecule has 6 nitrogen and oxygen atoms in total. The van der Waals surface area contributed by atoms with E-state index >= 15 is 0 Å². The first-order valence-corrected chi connectivity index (χ1v) is 4.93. The maximum atomic E-state index is 11.1.